The lowest BCUT2D eigenvalue weighted by atomic mass is 10.1. The Balaban J connectivity index is 3.12. The first-order chi connectivity index (χ1) is 13.9. The summed E-state index contributed by atoms with van der Waals surface area (Å²) in [5, 5.41) is 2.45. The van der Waals surface area contributed by atoms with Crippen molar-refractivity contribution >= 4 is 87.5 Å². The van der Waals surface area contributed by atoms with Crippen LogP contribution in [-0.2, 0) is 19.1 Å². The number of alkyl halides is 6. The zero-order chi connectivity index (χ0) is 24.2. The Morgan fingerprint density at radius 3 is 2.10 bits per heavy atom. The van der Waals surface area contributed by atoms with Crippen LogP contribution >= 0.6 is 69.6 Å². The van der Waals surface area contributed by atoms with Crippen molar-refractivity contribution < 1.29 is 23.9 Å². The maximum atomic E-state index is 13.3. The molecule has 0 aliphatic carbocycles. The van der Waals surface area contributed by atoms with E-state index in [0.717, 1.165) is 4.90 Å². The van der Waals surface area contributed by atoms with Crippen LogP contribution in [0.1, 0.15) is 46.5 Å². The van der Waals surface area contributed by atoms with Crippen LogP contribution in [-0.4, -0.2) is 55.2 Å². The summed E-state index contributed by atoms with van der Waals surface area (Å²) in [6.07, 6.45) is 0.322. The van der Waals surface area contributed by atoms with Gasteiger partial charge in [0, 0.05) is 6.08 Å². The maximum Gasteiger partial charge on any atom is 0.408 e. The summed E-state index contributed by atoms with van der Waals surface area (Å²) in [5.41, 5.74) is -0.811. The fourth-order valence-corrected chi connectivity index (χ4v) is 3.43. The molecule has 3 amide bonds. The number of hydrogen-bond donors (Lipinski definition) is 1. The van der Waals surface area contributed by atoms with Crippen molar-refractivity contribution in [1.82, 2.24) is 10.2 Å². The third-order valence-corrected chi connectivity index (χ3v) is 5.16. The Labute approximate surface area is 211 Å². The predicted octanol–water partition coefficient (Wildman–Crippen LogP) is 5.45. The van der Waals surface area contributed by atoms with E-state index < -0.39 is 43.2 Å². The number of nitrogens with one attached hydrogen (secondary N) is 1. The fourth-order valence-electron chi connectivity index (χ4n) is 2.78. The van der Waals surface area contributed by atoms with E-state index in [1.54, 1.807) is 20.8 Å². The van der Waals surface area contributed by atoms with Crippen molar-refractivity contribution in [2.24, 2.45) is 0 Å². The molecular formula is C18H24Cl6N2O5. The molecule has 1 aliphatic heterocycles. The van der Waals surface area contributed by atoms with Gasteiger partial charge in [-0.3, -0.25) is 14.5 Å². The molecule has 7 nitrogen and oxygen atoms in total. The van der Waals surface area contributed by atoms with E-state index in [4.69, 9.17) is 79.1 Å². The zero-order valence-electron chi connectivity index (χ0n) is 17.3. The number of nitrogens with zero attached hydrogens (tertiary/aromatic N) is 1. The van der Waals surface area contributed by atoms with E-state index in [-0.39, 0.29) is 31.4 Å². The molecule has 0 aromatic carbocycles. The minimum Gasteiger partial charge on any atom is -0.499 e. The molecule has 1 aliphatic rings. The molecule has 0 unspecified atom stereocenters. The van der Waals surface area contributed by atoms with Crippen LogP contribution < -0.4 is 5.32 Å². The normalized spacial score (nSPS) is 18.5. The first-order valence-electron chi connectivity index (χ1n) is 9.19. The van der Waals surface area contributed by atoms with E-state index in [1.807, 2.05) is 0 Å². The summed E-state index contributed by atoms with van der Waals surface area (Å²) >= 11 is 34.9. The van der Waals surface area contributed by atoms with Gasteiger partial charge in [-0.1, -0.05) is 69.6 Å². The van der Waals surface area contributed by atoms with Gasteiger partial charge in [-0.15, -0.1) is 0 Å². The summed E-state index contributed by atoms with van der Waals surface area (Å²) in [7, 11) is 1.36. The van der Waals surface area contributed by atoms with Gasteiger partial charge < -0.3 is 14.8 Å². The van der Waals surface area contributed by atoms with Gasteiger partial charge in [0.15, 0.2) is 7.59 Å². The number of amides is 3. The van der Waals surface area contributed by atoms with Crippen LogP contribution in [0.15, 0.2) is 11.8 Å². The molecule has 0 saturated carbocycles. The van der Waals surface area contributed by atoms with Crippen LogP contribution in [0.4, 0.5) is 4.79 Å². The van der Waals surface area contributed by atoms with E-state index in [2.05, 4.69) is 5.32 Å². The number of halogens is 6. The SMILES string of the molecule is COC1=CC(=O)N(C(=O)[C@@H](CCC(Cl)(Cl)Cl)NC(=O)OC(C)(C)C)[C@@H]1CCC(Cl)(Cl)Cl. The highest BCUT2D eigenvalue weighted by Gasteiger charge is 2.43. The third kappa shape index (κ3) is 10.4. The molecule has 1 N–H and O–H groups in total. The van der Waals surface area contributed by atoms with Gasteiger partial charge in [-0.2, -0.15) is 0 Å². The van der Waals surface area contributed by atoms with Crippen molar-refractivity contribution in [3.63, 3.8) is 0 Å². The highest BCUT2D eigenvalue weighted by atomic mass is 35.6. The van der Waals surface area contributed by atoms with Gasteiger partial charge in [-0.25, -0.2) is 4.79 Å². The lowest BCUT2D eigenvalue weighted by Gasteiger charge is -2.30. The highest BCUT2D eigenvalue weighted by Crippen LogP contribution is 2.36. The van der Waals surface area contributed by atoms with Crippen molar-refractivity contribution in [3.8, 4) is 0 Å². The summed E-state index contributed by atoms with van der Waals surface area (Å²) in [6.45, 7) is 4.99. The summed E-state index contributed by atoms with van der Waals surface area (Å²) in [5.74, 6) is -1.14. The van der Waals surface area contributed by atoms with Crippen LogP contribution in [0.2, 0.25) is 0 Å². The van der Waals surface area contributed by atoms with E-state index in [9.17, 15) is 14.4 Å². The van der Waals surface area contributed by atoms with E-state index >= 15 is 0 Å². The van der Waals surface area contributed by atoms with Gasteiger partial charge in [0.05, 0.1) is 13.2 Å². The first kappa shape index (κ1) is 28.7. The smallest absolute Gasteiger partial charge is 0.408 e. The molecule has 13 heteroatoms. The minimum atomic E-state index is -1.67. The molecule has 0 bridgehead atoms. The third-order valence-electron chi connectivity index (χ3n) is 4.02. The van der Waals surface area contributed by atoms with Gasteiger partial charge >= 0.3 is 6.09 Å². The molecule has 0 aromatic rings. The Morgan fingerprint density at radius 2 is 1.65 bits per heavy atom. The van der Waals surface area contributed by atoms with E-state index in [0.29, 0.717) is 0 Å². The molecule has 31 heavy (non-hydrogen) atoms. The zero-order valence-corrected chi connectivity index (χ0v) is 21.9. The molecule has 0 radical (unpaired) electrons. The van der Waals surface area contributed by atoms with Crippen molar-refractivity contribution in [3.05, 3.63) is 11.8 Å². The lowest BCUT2D eigenvalue weighted by molar-refractivity contribution is -0.145. The second kappa shape index (κ2) is 11.2. The van der Waals surface area contributed by atoms with Crippen LogP contribution in [0.25, 0.3) is 0 Å². The van der Waals surface area contributed by atoms with Gasteiger partial charge in [0.2, 0.25) is 0 Å². The molecule has 1 heterocycles. The monoisotopic (exact) mass is 558 g/mol. The Hall–Kier alpha value is -0.310. The molecular weight excluding hydrogens is 537 g/mol. The van der Waals surface area contributed by atoms with Crippen LogP contribution in [0.5, 0.6) is 0 Å². The highest BCUT2D eigenvalue weighted by molar-refractivity contribution is 6.67. The Bertz CT molecular complexity index is 712. The number of alkyl carbamates (subject to hydrolysis) is 1. The number of imide groups is 1. The summed E-state index contributed by atoms with van der Waals surface area (Å²) in [4.78, 5) is 39.1. The molecule has 0 spiro atoms. The number of carbonyl (C=O) groups is 3. The predicted molar refractivity (Wildman–Crippen MR) is 123 cm³/mol. The average molecular weight is 561 g/mol. The van der Waals surface area contributed by atoms with Crippen LogP contribution in [0.3, 0.4) is 0 Å². The minimum absolute atomic E-state index is 0.0401. The Kier molecular flexibility index (Phi) is 10.4. The van der Waals surface area contributed by atoms with Gasteiger partial charge in [0.25, 0.3) is 11.8 Å². The van der Waals surface area contributed by atoms with Crippen molar-refractivity contribution in [2.75, 3.05) is 7.11 Å². The standard InChI is InChI=1S/C18H24Cl6N2O5/c1-16(2,3)31-15(29)25-10(5-7-17(19,20)21)14(28)26-11(6-8-18(22,23)24)12(30-4)9-13(26)27/h9-11H,5-8H2,1-4H3,(H,25,29)/t10-,11-/m1/s1. The number of carbonyl (C=O) groups excluding carboxylic acids is 3. The van der Waals surface area contributed by atoms with Gasteiger partial charge in [-0.05, 0) is 46.5 Å². The summed E-state index contributed by atoms with van der Waals surface area (Å²) in [6, 6.07) is -2.04. The number of hydrogen-bond acceptors (Lipinski definition) is 5. The number of rotatable bonds is 7. The fraction of sp³-hybridized carbons (Fsp3) is 0.722. The maximum absolute atomic E-state index is 13.3. The Morgan fingerprint density at radius 1 is 1.10 bits per heavy atom. The molecule has 0 saturated heterocycles. The molecule has 178 valence electrons. The molecule has 1 rings (SSSR count). The molecule has 2 atom stereocenters. The van der Waals surface area contributed by atoms with Crippen LogP contribution in [0, 0.1) is 0 Å². The van der Waals surface area contributed by atoms with E-state index in [1.165, 1.54) is 13.2 Å². The average Bonchev–Trinajstić information content (AvgIpc) is 2.88. The largest absolute Gasteiger partial charge is 0.499 e. The van der Waals surface area contributed by atoms with Gasteiger partial charge in [0.1, 0.15) is 17.4 Å². The quantitative estimate of drug-likeness (QED) is 0.419. The second-order valence-electron chi connectivity index (χ2n) is 7.82. The summed E-state index contributed by atoms with van der Waals surface area (Å²) < 4.78 is 7.16. The first-order valence-corrected chi connectivity index (χ1v) is 11.5. The second-order valence-corrected chi connectivity index (χ2v) is 12.9. The lowest BCUT2D eigenvalue weighted by Crippen LogP contribution is -2.53. The van der Waals surface area contributed by atoms with Crippen molar-refractivity contribution in [1.29, 1.82) is 0 Å². The number of ether oxygens (including phenoxy) is 2. The molecule has 0 fully saturated rings. The molecule has 0 aromatic heterocycles. The topological polar surface area (TPSA) is 84.9 Å². The van der Waals surface area contributed by atoms with Crippen molar-refractivity contribution in [2.45, 2.75) is 71.7 Å². The number of methoxy groups -OCH3 is 1.